The first-order valence-electron chi connectivity index (χ1n) is 13.1. The minimum absolute atomic E-state index is 0.0728. The van der Waals surface area contributed by atoms with Gasteiger partial charge in [-0.05, 0) is 75.8 Å². The molecule has 196 valence electrons. The van der Waals surface area contributed by atoms with E-state index < -0.39 is 5.60 Å². The summed E-state index contributed by atoms with van der Waals surface area (Å²) in [6, 6.07) is 16.1. The molecule has 7 heteroatoms. The van der Waals surface area contributed by atoms with E-state index in [0.717, 1.165) is 35.5 Å². The number of nitrogens with zero attached hydrogens (tertiary/aromatic N) is 3. The average Bonchev–Trinajstić information content (AvgIpc) is 3.30. The molecule has 0 saturated carbocycles. The summed E-state index contributed by atoms with van der Waals surface area (Å²) >= 11 is 0. The number of benzene rings is 2. The summed E-state index contributed by atoms with van der Waals surface area (Å²) in [7, 11) is 0. The van der Waals surface area contributed by atoms with E-state index in [4.69, 9.17) is 4.74 Å². The molecule has 1 N–H and O–H groups in total. The Hall–Kier alpha value is -3.61. The highest BCUT2D eigenvalue weighted by Gasteiger charge is 2.32. The highest BCUT2D eigenvalue weighted by Crippen LogP contribution is 2.33. The van der Waals surface area contributed by atoms with Gasteiger partial charge in [-0.25, -0.2) is 9.48 Å². The highest BCUT2D eigenvalue weighted by molar-refractivity contribution is 6.05. The fraction of sp³-hybridized carbons (Fsp3) is 0.433. The predicted molar refractivity (Wildman–Crippen MR) is 147 cm³/mol. The maximum atomic E-state index is 13.5. The number of anilines is 1. The molecule has 0 spiro atoms. The Morgan fingerprint density at radius 3 is 2.27 bits per heavy atom. The van der Waals surface area contributed by atoms with Crippen molar-refractivity contribution in [3.8, 4) is 5.69 Å². The van der Waals surface area contributed by atoms with Gasteiger partial charge in [-0.15, -0.1) is 0 Å². The molecule has 37 heavy (non-hydrogen) atoms. The van der Waals surface area contributed by atoms with Crippen LogP contribution < -0.4 is 5.32 Å². The first-order chi connectivity index (χ1) is 17.5. The number of rotatable bonds is 5. The molecule has 1 saturated heterocycles. The molecule has 1 fully saturated rings. The normalized spacial score (nSPS) is 14.6. The van der Waals surface area contributed by atoms with Gasteiger partial charge in [0.25, 0.3) is 5.91 Å². The number of ether oxygens (including phenoxy) is 1. The molecular weight excluding hydrogens is 464 g/mol. The van der Waals surface area contributed by atoms with Crippen LogP contribution in [-0.4, -0.2) is 45.4 Å². The summed E-state index contributed by atoms with van der Waals surface area (Å²) in [4.78, 5) is 27.9. The van der Waals surface area contributed by atoms with Gasteiger partial charge in [-0.2, -0.15) is 5.10 Å². The predicted octanol–water partition coefficient (Wildman–Crippen LogP) is 6.67. The maximum Gasteiger partial charge on any atom is 0.410 e. The number of hydrogen-bond acceptors (Lipinski definition) is 4. The lowest BCUT2D eigenvalue weighted by Crippen LogP contribution is -2.41. The van der Waals surface area contributed by atoms with Gasteiger partial charge in [0.15, 0.2) is 0 Å². The number of para-hydroxylation sites is 1. The quantitative estimate of drug-likeness (QED) is 0.423. The van der Waals surface area contributed by atoms with Crippen LogP contribution >= 0.6 is 0 Å². The number of carbonyl (C=O) groups is 2. The Morgan fingerprint density at radius 1 is 1.03 bits per heavy atom. The summed E-state index contributed by atoms with van der Waals surface area (Å²) in [5, 5.41) is 7.75. The zero-order valence-corrected chi connectivity index (χ0v) is 22.7. The smallest absolute Gasteiger partial charge is 0.410 e. The van der Waals surface area contributed by atoms with Gasteiger partial charge >= 0.3 is 6.09 Å². The fourth-order valence-electron chi connectivity index (χ4n) is 4.70. The van der Waals surface area contributed by atoms with E-state index in [1.807, 2.05) is 56.6 Å². The van der Waals surface area contributed by atoms with Crippen LogP contribution in [0.5, 0.6) is 0 Å². The van der Waals surface area contributed by atoms with Crippen molar-refractivity contribution < 1.29 is 14.3 Å². The molecule has 4 rings (SSSR count). The number of aromatic nitrogens is 2. The minimum atomic E-state index is -0.532. The number of nitrogens with one attached hydrogen (secondary N) is 1. The van der Waals surface area contributed by atoms with Gasteiger partial charge in [0.05, 0.1) is 23.1 Å². The van der Waals surface area contributed by atoms with E-state index in [0.29, 0.717) is 24.6 Å². The lowest BCUT2D eigenvalue weighted by molar-refractivity contribution is 0.0203. The molecule has 0 aliphatic carbocycles. The van der Waals surface area contributed by atoms with Crippen molar-refractivity contribution in [1.82, 2.24) is 14.7 Å². The van der Waals surface area contributed by atoms with Crippen LogP contribution in [0.25, 0.3) is 5.69 Å². The van der Waals surface area contributed by atoms with E-state index >= 15 is 0 Å². The first-order valence-corrected chi connectivity index (χ1v) is 13.1. The van der Waals surface area contributed by atoms with Crippen LogP contribution in [-0.2, 0) is 4.74 Å². The van der Waals surface area contributed by atoms with Crippen LogP contribution in [0.4, 0.5) is 10.5 Å². The third-order valence-corrected chi connectivity index (χ3v) is 6.78. The monoisotopic (exact) mass is 502 g/mol. The number of piperidine rings is 1. The Labute approximate surface area is 219 Å². The van der Waals surface area contributed by atoms with Crippen LogP contribution in [0.2, 0.25) is 0 Å². The molecule has 1 aromatic heterocycles. The summed E-state index contributed by atoms with van der Waals surface area (Å²) in [6.45, 7) is 13.1. The van der Waals surface area contributed by atoms with Crippen molar-refractivity contribution in [2.75, 3.05) is 18.4 Å². The zero-order chi connectivity index (χ0) is 26.7. The highest BCUT2D eigenvalue weighted by atomic mass is 16.6. The van der Waals surface area contributed by atoms with Gasteiger partial charge in [0.2, 0.25) is 0 Å². The summed E-state index contributed by atoms with van der Waals surface area (Å²) in [6.07, 6.45) is 2.82. The topological polar surface area (TPSA) is 76.5 Å². The van der Waals surface area contributed by atoms with Gasteiger partial charge < -0.3 is 15.0 Å². The summed E-state index contributed by atoms with van der Waals surface area (Å²) in [5.41, 5.74) is 4.87. The van der Waals surface area contributed by atoms with Gasteiger partial charge in [-0.1, -0.05) is 44.2 Å². The van der Waals surface area contributed by atoms with E-state index in [2.05, 4.69) is 48.5 Å². The van der Waals surface area contributed by atoms with E-state index in [9.17, 15) is 9.59 Å². The van der Waals surface area contributed by atoms with Crippen molar-refractivity contribution >= 4 is 17.7 Å². The van der Waals surface area contributed by atoms with Crippen molar-refractivity contribution in [3.63, 3.8) is 0 Å². The van der Waals surface area contributed by atoms with Gasteiger partial charge in [-0.3, -0.25) is 4.79 Å². The van der Waals surface area contributed by atoms with Crippen molar-refractivity contribution in [2.45, 2.75) is 71.8 Å². The van der Waals surface area contributed by atoms with E-state index in [1.54, 1.807) is 11.1 Å². The third kappa shape index (κ3) is 6.21. The number of amides is 2. The van der Waals surface area contributed by atoms with Crippen LogP contribution in [0.3, 0.4) is 0 Å². The minimum Gasteiger partial charge on any atom is -0.444 e. The molecule has 3 aromatic rings. The fourth-order valence-corrected chi connectivity index (χ4v) is 4.70. The maximum absolute atomic E-state index is 13.5. The molecule has 0 unspecified atom stereocenters. The SMILES string of the molecule is Cc1ccccc1NC(=O)c1cnn(-c2ccc(C(C)C)cc2)c1C1CCN(C(=O)OC(C)(C)C)CC1. The number of hydrogen-bond donors (Lipinski definition) is 1. The third-order valence-electron chi connectivity index (χ3n) is 6.78. The molecular formula is C30H38N4O3. The Kier molecular flexibility index (Phi) is 7.71. The number of carbonyl (C=O) groups excluding carboxylic acids is 2. The second-order valence-corrected chi connectivity index (χ2v) is 11.1. The molecule has 0 bridgehead atoms. The molecule has 1 aliphatic heterocycles. The lowest BCUT2D eigenvalue weighted by Gasteiger charge is -2.34. The van der Waals surface area contributed by atoms with Gasteiger partial charge in [0, 0.05) is 24.7 Å². The van der Waals surface area contributed by atoms with Crippen LogP contribution in [0, 0.1) is 6.92 Å². The standard InChI is InChI=1S/C30H38N4O3/c1-20(2)22-11-13-24(14-12-22)34-27(23-15-17-33(18-16-23)29(36)37-30(4,5)6)25(19-31-34)28(35)32-26-10-8-7-9-21(26)3/h7-14,19-20,23H,15-18H2,1-6H3,(H,32,35). The van der Waals surface area contributed by atoms with E-state index in [-0.39, 0.29) is 17.9 Å². The van der Waals surface area contributed by atoms with Crippen LogP contribution in [0.15, 0.2) is 54.7 Å². The molecule has 0 radical (unpaired) electrons. The molecule has 7 nitrogen and oxygen atoms in total. The Morgan fingerprint density at radius 2 is 1.68 bits per heavy atom. The largest absolute Gasteiger partial charge is 0.444 e. The summed E-state index contributed by atoms with van der Waals surface area (Å²) in [5.74, 6) is 0.325. The van der Waals surface area contributed by atoms with Gasteiger partial charge in [0.1, 0.15) is 5.60 Å². The molecule has 2 aromatic carbocycles. The zero-order valence-electron chi connectivity index (χ0n) is 22.7. The van der Waals surface area contributed by atoms with Crippen LogP contribution in [0.1, 0.15) is 86.5 Å². The molecule has 2 amide bonds. The van der Waals surface area contributed by atoms with Crippen molar-refractivity contribution in [1.29, 1.82) is 0 Å². The molecule has 2 heterocycles. The molecule has 1 aliphatic rings. The molecule has 0 atom stereocenters. The number of likely N-dealkylation sites (tertiary alicyclic amines) is 1. The van der Waals surface area contributed by atoms with E-state index in [1.165, 1.54) is 5.56 Å². The number of aryl methyl sites for hydroxylation is 1. The Balaban J connectivity index is 1.63. The Bertz CT molecular complexity index is 1250. The van der Waals surface area contributed by atoms with Crippen molar-refractivity contribution in [2.24, 2.45) is 0 Å². The second-order valence-electron chi connectivity index (χ2n) is 11.1. The lowest BCUT2D eigenvalue weighted by atomic mass is 9.90. The second kappa shape index (κ2) is 10.8. The summed E-state index contributed by atoms with van der Waals surface area (Å²) < 4.78 is 7.47. The first kappa shape index (κ1) is 26.5. The van der Waals surface area contributed by atoms with Crippen molar-refractivity contribution in [3.05, 3.63) is 77.1 Å². The average molecular weight is 503 g/mol.